The summed E-state index contributed by atoms with van der Waals surface area (Å²) >= 11 is 2.36. The molecule has 0 spiro atoms. The number of hydrogen-bond donors (Lipinski definition) is 0. The van der Waals surface area contributed by atoms with Gasteiger partial charge in [-0.1, -0.05) is 48.5 Å². The summed E-state index contributed by atoms with van der Waals surface area (Å²) in [5.74, 6) is 1.51. The van der Waals surface area contributed by atoms with E-state index >= 15 is 0 Å². The van der Waals surface area contributed by atoms with E-state index in [9.17, 15) is 0 Å². The molecule has 3 heterocycles. The van der Waals surface area contributed by atoms with Gasteiger partial charge in [-0.15, -0.1) is 0 Å². The van der Waals surface area contributed by atoms with E-state index in [1.807, 2.05) is 60.7 Å². The molecule has 3 aromatic carbocycles. The minimum Gasteiger partial charge on any atom is -0.601 e. The number of hydrogen-bond acceptors (Lipinski definition) is 2. The van der Waals surface area contributed by atoms with E-state index in [1.54, 1.807) is 0 Å². The fourth-order valence-corrected chi connectivity index (χ4v) is 6.18. The SMILES string of the molecule is CC1=CC(C)=[N+]2C1=C(c1ccc(I)cc1)c1c(C)cc(C)n1[B-]2(Oc1ccccc1)Oc1ccccc1. The van der Waals surface area contributed by atoms with Gasteiger partial charge >= 0.3 is 6.82 Å². The van der Waals surface area contributed by atoms with Crippen molar-refractivity contribution in [2.45, 2.75) is 27.7 Å². The maximum absolute atomic E-state index is 7.04. The van der Waals surface area contributed by atoms with Gasteiger partial charge in [-0.2, -0.15) is 0 Å². The van der Waals surface area contributed by atoms with Crippen molar-refractivity contribution in [2.24, 2.45) is 0 Å². The van der Waals surface area contributed by atoms with Gasteiger partial charge in [-0.25, -0.2) is 0 Å². The van der Waals surface area contributed by atoms with Gasteiger partial charge in [0.05, 0.1) is 17.1 Å². The van der Waals surface area contributed by atoms with Crippen LogP contribution >= 0.6 is 22.6 Å². The maximum Gasteiger partial charge on any atom is 0.780 e. The molecule has 4 nitrogen and oxygen atoms in total. The van der Waals surface area contributed by atoms with Crippen LogP contribution in [-0.4, -0.2) is 21.5 Å². The summed E-state index contributed by atoms with van der Waals surface area (Å²) in [6.45, 7) is 6.37. The number of halogens is 1. The first-order valence-corrected chi connectivity index (χ1v) is 13.6. The molecule has 0 aliphatic carbocycles. The Morgan fingerprint density at radius 1 is 0.757 bits per heavy atom. The highest BCUT2D eigenvalue weighted by Gasteiger charge is 2.60. The van der Waals surface area contributed by atoms with Crippen molar-refractivity contribution in [3.8, 4) is 11.5 Å². The Labute approximate surface area is 231 Å². The lowest BCUT2D eigenvalue weighted by molar-refractivity contribution is -0.372. The van der Waals surface area contributed by atoms with Crippen LogP contribution in [0.15, 0.2) is 108 Å². The summed E-state index contributed by atoms with van der Waals surface area (Å²) < 4.78 is 19.9. The summed E-state index contributed by atoms with van der Waals surface area (Å²) in [5, 5.41) is 0. The molecule has 0 N–H and O–H groups in total. The van der Waals surface area contributed by atoms with Crippen molar-refractivity contribution >= 4 is 40.7 Å². The van der Waals surface area contributed by atoms with E-state index in [2.05, 4.69) is 95.7 Å². The highest BCUT2D eigenvalue weighted by molar-refractivity contribution is 14.1. The Morgan fingerprint density at radius 3 is 1.89 bits per heavy atom. The summed E-state index contributed by atoms with van der Waals surface area (Å²) in [6, 6.07) is 31.0. The van der Waals surface area contributed by atoms with Gasteiger partial charge in [0.15, 0.2) is 5.70 Å². The first-order chi connectivity index (χ1) is 17.9. The van der Waals surface area contributed by atoms with E-state index in [-0.39, 0.29) is 0 Å². The second kappa shape index (κ2) is 9.10. The van der Waals surface area contributed by atoms with Crippen molar-refractivity contribution in [3.63, 3.8) is 0 Å². The average Bonchev–Trinajstić information content (AvgIpc) is 3.36. The van der Waals surface area contributed by atoms with Gasteiger partial charge in [0, 0.05) is 27.8 Å². The smallest absolute Gasteiger partial charge is 0.601 e. The molecule has 0 atom stereocenters. The number of fused-ring (bicyclic) bond motifs is 2. The third-order valence-corrected chi connectivity index (χ3v) is 7.88. The molecular formula is C31H28BIN2O2. The Hall–Kier alpha value is -3.52. The Bertz CT molecular complexity index is 1560. The minimum atomic E-state index is -2.26. The molecule has 37 heavy (non-hydrogen) atoms. The van der Waals surface area contributed by atoms with Crippen LogP contribution in [0.5, 0.6) is 11.5 Å². The second-order valence-electron chi connectivity index (χ2n) is 9.75. The Kier molecular flexibility index (Phi) is 5.87. The van der Waals surface area contributed by atoms with Crippen LogP contribution in [0.1, 0.15) is 36.4 Å². The molecule has 0 unspecified atom stereocenters. The molecule has 2 aliphatic heterocycles. The predicted octanol–water partition coefficient (Wildman–Crippen LogP) is 7.36. The zero-order valence-electron chi connectivity index (χ0n) is 21.4. The van der Waals surface area contributed by atoms with Crippen LogP contribution in [0, 0.1) is 17.4 Å². The summed E-state index contributed by atoms with van der Waals surface area (Å²) in [5.41, 5.74) is 9.16. The number of aryl methyl sites for hydroxylation is 2. The minimum absolute atomic E-state index is 0.754. The third kappa shape index (κ3) is 3.86. The number of aromatic nitrogens is 1. The van der Waals surface area contributed by atoms with Crippen molar-refractivity contribution in [1.82, 2.24) is 4.48 Å². The van der Waals surface area contributed by atoms with E-state index in [1.165, 1.54) is 25.8 Å². The largest absolute Gasteiger partial charge is 0.780 e. The Morgan fingerprint density at radius 2 is 1.32 bits per heavy atom. The lowest BCUT2D eigenvalue weighted by Gasteiger charge is -2.43. The van der Waals surface area contributed by atoms with Crippen LogP contribution in [-0.2, 0) is 0 Å². The molecule has 184 valence electrons. The summed E-state index contributed by atoms with van der Waals surface area (Å²) in [6.07, 6.45) is 2.23. The summed E-state index contributed by atoms with van der Waals surface area (Å²) in [4.78, 5) is 0. The lowest BCUT2D eigenvalue weighted by atomic mass is 9.77. The monoisotopic (exact) mass is 598 g/mol. The highest BCUT2D eigenvalue weighted by Crippen LogP contribution is 2.44. The van der Waals surface area contributed by atoms with Crippen molar-refractivity contribution < 1.29 is 13.8 Å². The molecule has 0 amide bonds. The number of benzene rings is 3. The Balaban J connectivity index is 1.71. The first-order valence-electron chi connectivity index (χ1n) is 12.5. The van der Waals surface area contributed by atoms with Crippen molar-refractivity contribution in [3.05, 3.63) is 134 Å². The molecule has 2 aliphatic rings. The molecule has 0 bridgehead atoms. The number of allylic oxidation sites excluding steroid dienone is 2. The molecular weight excluding hydrogens is 570 g/mol. The molecule has 0 fully saturated rings. The maximum atomic E-state index is 7.04. The number of nitrogens with zero attached hydrogens (tertiary/aromatic N) is 2. The van der Waals surface area contributed by atoms with Crippen LogP contribution in [0.25, 0.3) is 5.57 Å². The quantitative estimate of drug-likeness (QED) is 0.177. The zero-order valence-corrected chi connectivity index (χ0v) is 23.6. The lowest BCUT2D eigenvalue weighted by Crippen LogP contribution is -2.67. The van der Waals surface area contributed by atoms with Crippen LogP contribution in [0.4, 0.5) is 0 Å². The van der Waals surface area contributed by atoms with E-state index < -0.39 is 6.82 Å². The fraction of sp³-hybridized carbons (Fsp3) is 0.129. The molecule has 0 saturated carbocycles. The van der Waals surface area contributed by atoms with Crippen LogP contribution in [0.2, 0.25) is 0 Å². The normalized spacial score (nSPS) is 15.9. The van der Waals surface area contributed by atoms with Gasteiger partial charge in [0.1, 0.15) is 5.71 Å². The third-order valence-electron chi connectivity index (χ3n) is 7.16. The molecule has 0 saturated heterocycles. The van der Waals surface area contributed by atoms with Crippen molar-refractivity contribution in [2.75, 3.05) is 0 Å². The van der Waals surface area contributed by atoms with Gasteiger partial charge in [0.25, 0.3) is 0 Å². The van der Waals surface area contributed by atoms with Crippen molar-refractivity contribution in [1.29, 1.82) is 0 Å². The van der Waals surface area contributed by atoms with Gasteiger partial charge in [-0.05, 0) is 103 Å². The zero-order chi connectivity index (χ0) is 25.7. The van der Waals surface area contributed by atoms with E-state index in [0.29, 0.717) is 0 Å². The summed E-state index contributed by atoms with van der Waals surface area (Å²) in [7, 11) is 0. The number of rotatable bonds is 5. The topological polar surface area (TPSA) is 26.4 Å². The molecule has 1 aromatic heterocycles. The van der Waals surface area contributed by atoms with E-state index in [4.69, 9.17) is 9.31 Å². The molecule has 6 rings (SSSR count). The van der Waals surface area contributed by atoms with Crippen LogP contribution in [0.3, 0.4) is 0 Å². The van der Waals surface area contributed by atoms with Gasteiger partial charge in [0.2, 0.25) is 0 Å². The highest BCUT2D eigenvalue weighted by atomic mass is 127. The van der Waals surface area contributed by atoms with Gasteiger partial charge < -0.3 is 18.3 Å². The van der Waals surface area contributed by atoms with E-state index in [0.717, 1.165) is 34.3 Å². The first kappa shape index (κ1) is 23.9. The molecule has 0 radical (unpaired) electrons. The predicted molar refractivity (Wildman–Crippen MR) is 159 cm³/mol. The van der Waals surface area contributed by atoms with Crippen LogP contribution < -0.4 is 9.31 Å². The van der Waals surface area contributed by atoms with Gasteiger partial charge in [-0.3, -0.25) is 0 Å². The standard InChI is InChI=1S/C31H28BIN2O2/c1-21-19-23(3)34-30(21)29(25-15-17-26(33)18-16-25)31-22(2)20-24(4)35(31)32(34,36-27-11-7-5-8-12-27)37-28-13-9-6-10-14-28/h5-20H,1-4H3. The number of para-hydroxylation sites is 2. The fourth-order valence-electron chi connectivity index (χ4n) is 5.82. The molecule has 4 aromatic rings. The average molecular weight is 598 g/mol. The second-order valence-corrected chi connectivity index (χ2v) is 11.0. The molecule has 6 heteroatoms.